The number of carboxylic acids is 1. The number of nitrogens with two attached hydrogens (primary N) is 1. The largest absolute Gasteiger partial charge is 0.491 e. The highest BCUT2D eigenvalue weighted by Crippen LogP contribution is 2.27. The monoisotopic (exact) mass is 565 g/mol. The van der Waals surface area contributed by atoms with Crippen molar-refractivity contribution in [2.24, 2.45) is 5.73 Å². The van der Waals surface area contributed by atoms with E-state index in [9.17, 15) is 42.3 Å². The van der Waals surface area contributed by atoms with Crippen LogP contribution in [0.3, 0.4) is 0 Å². The molecule has 0 saturated carbocycles. The second-order valence-electron chi connectivity index (χ2n) is 8.47. The normalized spacial score (nSPS) is 13.3. The number of hydrogen-bond donors (Lipinski definition) is 5. The van der Waals surface area contributed by atoms with Gasteiger partial charge in [-0.05, 0) is 55.2 Å². The summed E-state index contributed by atoms with van der Waals surface area (Å²) in [4.78, 5) is 62.9. The van der Waals surface area contributed by atoms with Crippen LogP contribution in [-0.4, -0.2) is 58.1 Å². The van der Waals surface area contributed by atoms with E-state index in [0.29, 0.717) is 41.0 Å². The van der Waals surface area contributed by atoms with Gasteiger partial charge in [-0.2, -0.15) is 13.2 Å². The van der Waals surface area contributed by atoms with Crippen LogP contribution in [0.1, 0.15) is 40.2 Å². The van der Waals surface area contributed by atoms with Crippen LogP contribution in [0.15, 0.2) is 30.3 Å². The number of nitrogens with zero attached hydrogens (tertiary/aromatic N) is 1. The number of aliphatic carboxylic acids is 1. The molecule has 1 aliphatic heterocycles. The van der Waals surface area contributed by atoms with Gasteiger partial charge in [0.05, 0.1) is 17.7 Å². The number of benzene rings is 1. The van der Waals surface area contributed by atoms with Gasteiger partial charge in [0, 0.05) is 17.8 Å². The van der Waals surface area contributed by atoms with Gasteiger partial charge in [-0.15, -0.1) is 0 Å². The first-order chi connectivity index (χ1) is 18.7. The number of hydrogen-bond acceptors (Lipinski definition) is 9. The number of alkyl halides is 3. The number of esters is 3. The Bertz CT molecular complexity index is 1380. The molecule has 6 N–H and O–H groups in total. The van der Waals surface area contributed by atoms with E-state index in [1.165, 1.54) is 12.1 Å². The predicted octanol–water partition coefficient (Wildman–Crippen LogP) is 1.23. The zero-order valence-electron chi connectivity index (χ0n) is 20.5. The molecule has 40 heavy (non-hydrogen) atoms. The molecule has 0 unspecified atom stereocenters. The number of carbonyl (C=O) groups excluding carboxylic acids is 4. The highest BCUT2D eigenvalue weighted by Gasteiger charge is 2.43. The summed E-state index contributed by atoms with van der Waals surface area (Å²) in [6.07, 6.45) is -6.24. The lowest BCUT2D eigenvalue weighted by atomic mass is 9.99. The lowest BCUT2D eigenvalue weighted by molar-refractivity contribution is -0.202. The third-order valence-electron chi connectivity index (χ3n) is 5.48. The van der Waals surface area contributed by atoms with Crippen molar-refractivity contribution in [3.8, 4) is 5.75 Å². The lowest BCUT2D eigenvalue weighted by Gasteiger charge is -2.18. The molecule has 1 aromatic heterocycles. The highest BCUT2D eigenvalue weighted by atomic mass is 19.4. The SMILES string of the molecule is N=C(N)Nc1ccc2c(c1)CCc1nc(CCC(=O)N[C@@H](CC(=O)OC(=O)C(F)(F)F)C(=O)O)ccc1OC2=O. The second-order valence-corrected chi connectivity index (χ2v) is 8.47. The van der Waals surface area contributed by atoms with Crippen molar-refractivity contribution >= 4 is 41.4 Å². The van der Waals surface area contributed by atoms with E-state index in [4.69, 9.17) is 15.9 Å². The molecule has 2 aromatic rings. The quantitative estimate of drug-likeness (QED) is 0.133. The Morgan fingerprint density at radius 2 is 1.90 bits per heavy atom. The number of anilines is 1. The van der Waals surface area contributed by atoms with Gasteiger partial charge in [0.15, 0.2) is 11.7 Å². The number of carboxylic acid groups (broad SMARTS) is 1. The Morgan fingerprint density at radius 1 is 1.18 bits per heavy atom. The minimum Gasteiger partial charge on any atom is -0.480 e. The summed E-state index contributed by atoms with van der Waals surface area (Å²) in [5.41, 5.74) is 7.63. The van der Waals surface area contributed by atoms with Gasteiger partial charge in [-0.3, -0.25) is 20.0 Å². The fourth-order valence-electron chi connectivity index (χ4n) is 3.66. The standard InChI is InChI=1S/C24H22F3N5O8/c25-24(26,27)22(38)40-19(34)10-16(20(35)36)32-18(33)8-4-12-3-7-17-15(30-12)6-1-11-9-13(31-23(28)29)2-5-14(11)21(37)39-17/h2-3,5,7,9,16H,1,4,6,8,10H2,(H,32,33)(H,35,36)(H4,28,29,31)/t16-/m0/s1. The summed E-state index contributed by atoms with van der Waals surface area (Å²) in [6.45, 7) is 0. The number of ether oxygens (including phenoxy) is 2. The maximum atomic E-state index is 12.7. The Hall–Kier alpha value is -5.02. The van der Waals surface area contributed by atoms with Crippen LogP contribution in [-0.2, 0) is 43.2 Å². The number of amides is 1. The molecule has 16 heteroatoms. The molecule has 2 heterocycles. The Morgan fingerprint density at radius 3 is 2.55 bits per heavy atom. The van der Waals surface area contributed by atoms with Crippen molar-refractivity contribution in [1.29, 1.82) is 5.41 Å². The average molecular weight is 565 g/mol. The van der Waals surface area contributed by atoms with Crippen molar-refractivity contribution in [2.45, 2.75) is 44.3 Å². The Balaban J connectivity index is 1.62. The summed E-state index contributed by atoms with van der Waals surface area (Å²) in [6, 6.07) is 5.84. The summed E-state index contributed by atoms with van der Waals surface area (Å²) in [7, 11) is 0. The van der Waals surface area contributed by atoms with Crippen molar-refractivity contribution in [3.63, 3.8) is 0 Å². The molecule has 13 nitrogen and oxygen atoms in total. The van der Waals surface area contributed by atoms with Crippen LogP contribution in [0.2, 0.25) is 0 Å². The summed E-state index contributed by atoms with van der Waals surface area (Å²) in [5.74, 6) is -7.85. The minimum atomic E-state index is -5.45. The molecule has 1 aromatic carbocycles. The molecule has 0 saturated heterocycles. The second kappa shape index (κ2) is 12.2. The van der Waals surface area contributed by atoms with Crippen molar-refractivity contribution in [2.75, 3.05) is 5.32 Å². The van der Waals surface area contributed by atoms with Gasteiger partial charge < -0.3 is 30.9 Å². The maximum Gasteiger partial charge on any atom is 0.491 e. The molecule has 3 rings (SSSR count). The fraction of sp³-hybridized carbons (Fsp3) is 0.292. The summed E-state index contributed by atoms with van der Waals surface area (Å²) < 4.78 is 45.6. The van der Waals surface area contributed by atoms with Crippen molar-refractivity contribution in [3.05, 3.63) is 52.8 Å². The van der Waals surface area contributed by atoms with Gasteiger partial charge >= 0.3 is 30.1 Å². The molecule has 1 amide bonds. The van der Waals surface area contributed by atoms with Crippen LogP contribution < -0.4 is 21.1 Å². The molecule has 0 bridgehead atoms. The molecule has 0 spiro atoms. The first-order valence-electron chi connectivity index (χ1n) is 11.5. The van der Waals surface area contributed by atoms with Gasteiger partial charge in [0.2, 0.25) is 5.91 Å². The van der Waals surface area contributed by atoms with Gasteiger partial charge in [0.1, 0.15) is 6.04 Å². The minimum absolute atomic E-state index is 0.000326. The van der Waals surface area contributed by atoms with E-state index in [-0.39, 0.29) is 24.6 Å². The third kappa shape index (κ3) is 7.99. The predicted molar refractivity (Wildman–Crippen MR) is 128 cm³/mol. The number of aromatic nitrogens is 1. The van der Waals surface area contributed by atoms with Crippen LogP contribution in [0.4, 0.5) is 18.9 Å². The smallest absolute Gasteiger partial charge is 0.480 e. The third-order valence-corrected chi connectivity index (χ3v) is 5.48. The molecular weight excluding hydrogens is 543 g/mol. The van der Waals surface area contributed by atoms with E-state index in [1.54, 1.807) is 18.2 Å². The fourth-order valence-corrected chi connectivity index (χ4v) is 3.66. The van der Waals surface area contributed by atoms with Gasteiger partial charge in [0.25, 0.3) is 0 Å². The molecule has 0 aliphatic carbocycles. The molecule has 0 radical (unpaired) electrons. The van der Waals surface area contributed by atoms with E-state index in [0.717, 1.165) is 0 Å². The molecule has 212 valence electrons. The van der Waals surface area contributed by atoms with E-state index < -0.39 is 48.4 Å². The summed E-state index contributed by atoms with van der Waals surface area (Å²) in [5, 5.41) is 21.2. The number of rotatable bonds is 8. The zero-order chi connectivity index (χ0) is 29.6. The number of fused-ring (bicyclic) bond motifs is 2. The first-order valence-corrected chi connectivity index (χ1v) is 11.5. The summed E-state index contributed by atoms with van der Waals surface area (Å²) >= 11 is 0. The Kier molecular flexibility index (Phi) is 9.03. The maximum absolute atomic E-state index is 12.7. The van der Waals surface area contributed by atoms with Gasteiger partial charge in [-0.25, -0.2) is 14.4 Å². The van der Waals surface area contributed by atoms with Gasteiger partial charge in [-0.1, -0.05) is 0 Å². The number of halogens is 3. The number of nitrogens with one attached hydrogen (secondary N) is 3. The topological polar surface area (TPSA) is 211 Å². The molecule has 1 aliphatic rings. The number of aryl methyl sites for hydroxylation is 3. The Labute approximate surface area is 223 Å². The first kappa shape index (κ1) is 29.5. The number of pyridine rings is 1. The van der Waals surface area contributed by atoms with E-state index >= 15 is 0 Å². The number of guanidine groups is 1. The van der Waals surface area contributed by atoms with Crippen LogP contribution in [0, 0.1) is 5.41 Å². The number of carbonyl (C=O) groups is 5. The van der Waals surface area contributed by atoms with Crippen LogP contribution >= 0.6 is 0 Å². The van der Waals surface area contributed by atoms with Crippen molar-refractivity contribution in [1.82, 2.24) is 10.3 Å². The van der Waals surface area contributed by atoms with E-state index in [1.807, 2.05) is 5.32 Å². The average Bonchev–Trinajstić information content (AvgIpc) is 2.84. The lowest BCUT2D eigenvalue weighted by Crippen LogP contribution is -2.43. The van der Waals surface area contributed by atoms with Crippen LogP contribution in [0.25, 0.3) is 0 Å². The molecule has 1 atom stereocenters. The molecular formula is C24H22F3N5O8. The van der Waals surface area contributed by atoms with Crippen LogP contribution in [0.5, 0.6) is 5.75 Å². The molecule has 0 fully saturated rings. The zero-order valence-corrected chi connectivity index (χ0v) is 20.5. The van der Waals surface area contributed by atoms with Crippen molar-refractivity contribution < 1.29 is 51.7 Å². The van der Waals surface area contributed by atoms with E-state index in [2.05, 4.69) is 15.0 Å². The highest BCUT2D eigenvalue weighted by molar-refractivity contribution is 5.95.